The fourth-order valence-electron chi connectivity index (χ4n) is 10.1. The Morgan fingerprint density at radius 2 is 0.926 bits per heavy atom. The number of hydrogen-bond acceptors (Lipinski definition) is 1. The number of para-hydroxylation sites is 1. The van der Waals surface area contributed by atoms with Crippen LogP contribution in [-0.2, 0) is 16.2 Å². The van der Waals surface area contributed by atoms with Crippen molar-refractivity contribution < 1.29 is 0 Å². The highest BCUT2D eigenvalue weighted by atomic mass is 15.1. The third kappa shape index (κ3) is 4.77. The molecule has 0 bridgehead atoms. The Morgan fingerprint density at radius 3 is 1.63 bits per heavy atom. The monoisotopic (exact) mass is 697 g/mol. The number of benzene rings is 8. The molecule has 0 atom stereocenters. The maximum absolute atomic E-state index is 2.55. The summed E-state index contributed by atoms with van der Waals surface area (Å²) in [6.07, 6.45) is 2.35. The minimum Gasteiger partial charge on any atom is -0.310 e. The highest BCUT2D eigenvalue weighted by Crippen LogP contribution is 2.56. The van der Waals surface area contributed by atoms with Crippen molar-refractivity contribution in [3.63, 3.8) is 0 Å². The quantitative estimate of drug-likeness (QED) is 0.166. The standard InChI is InChI=1S/C53H47N/c1-51(2)29-30-52(3,4)50-42(24-16-26-47(50)51)45-32-44-41-23-14-15-25-46(41)53(5,6)48(44)33-49(45)54(34-17-8-7-9-18-34)35-27-28-40-38-21-11-10-19-36(38)37-20-12-13-22-39(37)43(40)31-35/h7-28,31-33H,29-30H2,1-6H3. The van der Waals surface area contributed by atoms with Crippen LogP contribution in [0.15, 0.2) is 152 Å². The van der Waals surface area contributed by atoms with E-state index in [2.05, 4.69) is 198 Å². The number of nitrogens with zero attached hydrogens (tertiary/aromatic N) is 1. The van der Waals surface area contributed by atoms with Crippen LogP contribution in [0, 0.1) is 0 Å². The van der Waals surface area contributed by atoms with Gasteiger partial charge in [-0.25, -0.2) is 0 Å². The van der Waals surface area contributed by atoms with Gasteiger partial charge in [-0.15, -0.1) is 0 Å². The smallest absolute Gasteiger partial charge is 0.0543 e. The summed E-state index contributed by atoms with van der Waals surface area (Å²) in [5.41, 5.74) is 14.6. The highest BCUT2D eigenvalue weighted by molar-refractivity contribution is 6.25. The van der Waals surface area contributed by atoms with Crippen LogP contribution < -0.4 is 4.90 Å². The van der Waals surface area contributed by atoms with Gasteiger partial charge in [-0.05, 0) is 131 Å². The predicted octanol–water partition coefficient (Wildman–Crippen LogP) is 14.9. The Balaban J connectivity index is 1.32. The van der Waals surface area contributed by atoms with Gasteiger partial charge >= 0.3 is 0 Å². The fourth-order valence-corrected chi connectivity index (χ4v) is 10.1. The van der Waals surface area contributed by atoms with Gasteiger partial charge in [0.15, 0.2) is 0 Å². The molecule has 10 rings (SSSR count). The molecule has 2 aliphatic rings. The van der Waals surface area contributed by atoms with Crippen LogP contribution >= 0.6 is 0 Å². The maximum Gasteiger partial charge on any atom is 0.0543 e. The first-order chi connectivity index (χ1) is 26.0. The molecular formula is C53H47N. The molecule has 0 unspecified atom stereocenters. The maximum atomic E-state index is 2.55. The Morgan fingerprint density at radius 1 is 0.370 bits per heavy atom. The molecule has 8 aromatic carbocycles. The van der Waals surface area contributed by atoms with E-state index in [1.54, 1.807) is 0 Å². The van der Waals surface area contributed by atoms with Crippen molar-refractivity contribution in [2.45, 2.75) is 70.6 Å². The second-order valence-corrected chi connectivity index (χ2v) is 17.6. The van der Waals surface area contributed by atoms with Crippen LogP contribution in [0.3, 0.4) is 0 Å². The zero-order valence-electron chi connectivity index (χ0n) is 32.3. The van der Waals surface area contributed by atoms with E-state index in [0.29, 0.717) is 0 Å². The third-order valence-electron chi connectivity index (χ3n) is 13.1. The van der Waals surface area contributed by atoms with E-state index < -0.39 is 0 Å². The van der Waals surface area contributed by atoms with Crippen molar-refractivity contribution in [1.82, 2.24) is 0 Å². The van der Waals surface area contributed by atoms with Crippen molar-refractivity contribution in [1.29, 1.82) is 0 Å². The van der Waals surface area contributed by atoms with Crippen molar-refractivity contribution >= 4 is 49.4 Å². The number of hydrogen-bond donors (Lipinski definition) is 0. The lowest BCUT2D eigenvalue weighted by molar-refractivity contribution is 0.333. The summed E-state index contributed by atoms with van der Waals surface area (Å²) in [5, 5.41) is 7.74. The molecule has 1 nitrogen and oxygen atoms in total. The molecule has 2 aliphatic carbocycles. The van der Waals surface area contributed by atoms with Gasteiger partial charge < -0.3 is 4.90 Å². The van der Waals surface area contributed by atoms with Crippen molar-refractivity contribution in [3.05, 3.63) is 174 Å². The van der Waals surface area contributed by atoms with E-state index >= 15 is 0 Å². The van der Waals surface area contributed by atoms with Crippen LogP contribution in [0.1, 0.15) is 76.6 Å². The Labute approximate surface area is 319 Å². The Hall–Kier alpha value is -5.66. The van der Waals surface area contributed by atoms with Crippen LogP contribution in [0.25, 0.3) is 54.6 Å². The molecular weight excluding hydrogens is 651 g/mol. The van der Waals surface area contributed by atoms with Gasteiger partial charge in [0, 0.05) is 22.4 Å². The lowest BCUT2D eigenvalue weighted by Gasteiger charge is -2.43. The van der Waals surface area contributed by atoms with Crippen LogP contribution in [0.5, 0.6) is 0 Å². The van der Waals surface area contributed by atoms with Crippen LogP contribution in [0.2, 0.25) is 0 Å². The minimum absolute atomic E-state index is 0.0371. The molecule has 0 amide bonds. The first-order valence-corrected chi connectivity index (χ1v) is 19.7. The van der Waals surface area contributed by atoms with Gasteiger partial charge in [-0.2, -0.15) is 0 Å². The van der Waals surface area contributed by atoms with Gasteiger partial charge in [0.1, 0.15) is 0 Å². The summed E-state index contributed by atoms with van der Waals surface area (Å²) in [7, 11) is 0. The van der Waals surface area contributed by atoms with Crippen molar-refractivity contribution in [2.75, 3.05) is 4.90 Å². The number of anilines is 3. The molecule has 0 saturated heterocycles. The summed E-state index contributed by atoms with van der Waals surface area (Å²) in [4.78, 5) is 2.54. The molecule has 0 radical (unpaired) electrons. The topological polar surface area (TPSA) is 3.24 Å². The Bertz CT molecular complexity index is 2760. The van der Waals surface area contributed by atoms with E-state index in [1.165, 1.54) is 88.9 Å². The second-order valence-electron chi connectivity index (χ2n) is 17.6. The summed E-state index contributed by atoms with van der Waals surface area (Å²) in [5.74, 6) is 0. The van der Waals surface area contributed by atoms with Gasteiger partial charge in [0.25, 0.3) is 0 Å². The van der Waals surface area contributed by atoms with Crippen LogP contribution in [0.4, 0.5) is 17.1 Å². The largest absolute Gasteiger partial charge is 0.310 e. The molecule has 0 aromatic heterocycles. The molecule has 0 fully saturated rings. The fraction of sp³-hybridized carbons (Fsp3) is 0.208. The van der Waals surface area contributed by atoms with Crippen molar-refractivity contribution in [2.24, 2.45) is 0 Å². The minimum atomic E-state index is -0.141. The molecule has 8 aromatic rings. The molecule has 54 heavy (non-hydrogen) atoms. The van der Waals surface area contributed by atoms with Gasteiger partial charge in [-0.1, -0.05) is 157 Å². The molecule has 0 aliphatic heterocycles. The SMILES string of the molecule is CC1(C)CCC(C)(C)c2c(-c3cc4c(cc3N(c3ccccc3)c3ccc5c6ccccc6c6ccccc6c5c3)C(C)(C)c3ccccc3-4)cccc21. The summed E-state index contributed by atoms with van der Waals surface area (Å²) < 4.78 is 0. The predicted molar refractivity (Wildman–Crippen MR) is 232 cm³/mol. The highest BCUT2D eigenvalue weighted by Gasteiger charge is 2.41. The molecule has 0 spiro atoms. The first kappa shape index (κ1) is 32.9. The molecule has 0 N–H and O–H groups in total. The Kier molecular flexibility index (Phi) is 7.12. The normalized spacial score (nSPS) is 16.3. The number of fused-ring (bicyclic) bond motifs is 10. The average molecular weight is 698 g/mol. The molecule has 1 heteroatoms. The van der Waals surface area contributed by atoms with Gasteiger partial charge in [0.2, 0.25) is 0 Å². The van der Waals surface area contributed by atoms with E-state index in [9.17, 15) is 0 Å². The first-order valence-electron chi connectivity index (χ1n) is 19.7. The summed E-state index contributed by atoms with van der Waals surface area (Å²) in [6, 6.07) is 57.2. The lowest BCUT2D eigenvalue weighted by Crippen LogP contribution is -2.34. The second kappa shape index (κ2) is 11.7. The van der Waals surface area contributed by atoms with E-state index in [4.69, 9.17) is 0 Å². The summed E-state index contributed by atoms with van der Waals surface area (Å²) >= 11 is 0. The van der Waals surface area contributed by atoms with Crippen LogP contribution in [-0.4, -0.2) is 0 Å². The molecule has 0 heterocycles. The van der Waals surface area contributed by atoms with E-state index in [-0.39, 0.29) is 16.2 Å². The average Bonchev–Trinajstić information content (AvgIpc) is 3.42. The molecule has 0 saturated carbocycles. The lowest BCUT2D eigenvalue weighted by atomic mass is 9.61. The van der Waals surface area contributed by atoms with E-state index in [1.807, 2.05) is 0 Å². The summed E-state index contributed by atoms with van der Waals surface area (Å²) in [6.45, 7) is 14.6. The zero-order valence-corrected chi connectivity index (χ0v) is 32.3. The van der Waals surface area contributed by atoms with E-state index in [0.717, 1.165) is 17.8 Å². The van der Waals surface area contributed by atoms with Crippen molar-refractivity contribution in [3.8, 4) is 22.3 Å². The molecule has 264 valence electrons. The third-order valence-corrected chi connectivity index (χ3v) is 13.1. The van der Waals surface area contributed by atoms with Gasteiger partial charge in [0.05, 0.1) is 5.69 Å². The zero-order chi connectivity index (χ0) is 37.0. The van der Waals surface area contributed by atoms with Gasteiger partial charge in [-0.3, -0.25) is 0 Å². The number of rotatable bonds is 4.